The van der Waals surface area contributed by atoms with Crippen LogP contribution in [0, 0.1) is 6.92 Å². The quantitative estimate of drug-likeness (QED) is 0.154. The molecule has 0 N–H and O–H groups in total. The zero-order valence-corrected chi connectivity index (χ0v) is 26.1. The van der Waals surface area contributed by atoms with E-state index in [4.69, 9.17) is 13.3 Å². The van der Waals surface area contributed by atoms with Crippen molar-refractivity contribution in [1.82, 2.24) is 9.97 Å². The van der Waals surface area contributed by atoms with E-state index in [0.29, 0.717) is 24.3 Å². The molecule has 0 radical (unpaired) electrons. The van der Waals surface area contributed by atoms with E-state index in [-0.39, 0.29) is 15.9 Å². The van der Waals surface area contributed by atoms with Crippen molar-refractivity contribution in [2.45, 2.75) is 90.8 Å². The zero-order valence-electron chi connectivity index (χ0n) is 23.8. The van der Waals surface area contributed by atoms with E-state index >= 15 is 0 Å². The minimum absolute atomic E-state index is 0.0240. The van der Waals surface area contributed by atoms with Crippen LogP contribution in [0.25, 0.3) is 11.5 Å². The number of hydrogen-bond donors (Lipinski definition) is 0. The summed E-state index contributed by atoms with van der Waals surface area (Å²) < 4.78 is 18.9. The summed E-state index contributed by atoms with van der Waals surface area (Å²) in [6.45, 7) is 19.5. The van der Waals surface area contributed by atoms with E-state index in [1.807, 2.05) is 49.4 Å². The third-order valence-electron chi connectivity index (χ3n) is 6.95. The molecule has 0 saturated carbocycles. The summed E-state index contributed by atoms with van der Waals surface area (Å²) in [7, 11) is -3.12. The average molecular weight is 539 g/mol. The normalized spacial score (nSPS) is 14.8. The molecule has 0 aliphatic carbocycles. The number of nitrogens with zero attached hydrogens (tertiary/aromatic N) is 2. The lowest BCUT2D eigenvalue weighted by molar-refractivity contribution is -0.0110. The maximum Gasteiger partial charge on any atom is 0.226 e. The van der Waals surface area contributed by atoms with Crippen molar-refractivity contribution in [2.75, 3.05) is 0 Å². The number of rotatable bonds is 10. The maximum atomic E-state index is 13.0. The Balaban J connectivity index is 1.70. The van der Waals surface area contributed by atoms with Crippen molar-refractivity contribution in [2.24, 2.45) is 0 Å². The van der Waals surface area contributed by atoms with Crippen LogP contribution in [0.4, 0.5) is 0 Å². The molecule has 2 aromatic heterocycles. The zero-order chi connectivity index (χ0) is 27.4. The van der Waals surface area contributed by atoms with Gasteiger partial charge in [0.25, 0.3) is 0 Å². The lowest BCUT2D eigenvalue weighted by Gasteiger charge is -2.34. The Labute approximate surface area is 225 Å². The molecule has 0 fully saturated rings. The van der Waals surface area contributed by atoms with Crippen molar-refractivity contribution in [3.8, 4) is 11.5 Å². The Kier molecular flexibility index (Phi) is 9.44. The van der Waals surface area contributed by atoms with Crippen molar-refractivity contribution < 1.29 is 18.1 Å². The number of aromatic nitrogens is 2. The number of hydrogen-bond acceptors (Lipinski definition) is 6. The van der Waals surface area contributed by atoms with Gasteiger partial charge in [0.15, 0.2) is 30.2 Å². The first-order valence-electron chi connectivity index (χ1n) is 13.1. The fraction of sp³-hybridized carbons (Fsp3) is 0.483. The Morgan fingerprint density at radius 2 is 1.54 bits per heavy atom. The SMILES string of the molecule is Cc1oc(-c2ccccc2)nc1CCC(=O)c1ccc(C(O[SiH](C)C(C)(C)C)O[SiH](C)C(C)(C)C)nc1. The van der Waals surface area contributed by atoms with E-state index in [9.17, 15) is 4.79 Å². The van der Waals surface area contributed by atoms with E-state index in [1.165, 1.54) is 0 Å². The van der Waals surface area contributed by atoms with Gasteiger partial charge >= 0.3 is 0 Å². The van der Waals surface area contributed by atoms with Gasteiger partial charge in [0.05, 0.1) is 11.4 Å². The minimum Gasteiger partial charge on any atom is -0.441 e. The third-order valence-corrected chi connectivity index (χ3v) is 13.1. The van der Waals surface area contributed by atoms with Crippen LogP contribution >= 0.6 is 0 Å². The lowest BCUT2D eigenvalue weighted by atomic mass is 10.1. The monoisotopic (exact) mass is 538 g/mol. The Morgan fingerprint density at radius 3 is 2.05 bits per heavy atom. The molecule has 200 valence electrons. The molecule has 3 rings (SSSR count). The van der Waals surface area contributed by atoms with Crippen LogP contribution in [0.5, 0.6) is 0 Å². The molecule has 0 aliphatic rings. The Hall–Kier alpha value is -2.40. The number of carbonyl (C=O) groups excluding carboxylic acids is 1. The predicted octanol–water partition coefficient (Wildman–Crippen LogP) is 7.20. The number of Topliss-reactive ketones (excluding diaryl/α,β-unsaturated/α-hetero) is 1. The van der Waals surface area contributed by atoms with Gasteiger partial charge in [-0.25, -0.2) is 4.98 Å². The van der Waals surface area contributed by atoms with Gasteiger partial charge in [-0.15, -0.1) is 0 Å². The van der Waals surface area contributed by atoms with Crippen molar-refractivity contribution in [3.05, 3.63) is 71.4 Å². The molecular weight excluding hydrogens is 497 g/mol. The molecule has 0 bridgehead atoms. The number of ketones is 1. The molecule has 2 atom stereocenters. The van der Waals surface area contributed by atoms with Crippen LogP contribution < -0.4 is 0 Å². The first kappa shape index (κ1) is 29.2. The highest BCUT2D eigenvalue weighted by Crippen LogP contribution is 2.35. The van der Waals surface area contributed by atoms with Gasteiger partial charge in [0.1, 0.15) is 5.76 Å². The third kappa shape index (κ3) is 8.04. The maximum absolute atomic E-state index is 13.0. The first-order valence-corrected chi connectivity index (χ1v) is 17.5. The highest BCUT2D eigenvalue weighted by atomic mass is 28.3. The molecule has 1 aromatic carbocycles. The van der Waals surface area contributed by atoms with E-state index in [0.717, 1.165) is 22.7 Å². The summed E-state index contributed by atoms with van der Waals surface area (Å²) >= 11 is 0. The summed E-state index contributed by atoms with van der Waals surface area (Å²) in [5.41, 5.74) is 3.04. The van der Waals surface area contributed by atoms with Crippen LogP contribution in [0.1, 0.15) is 81.8 Å². The predicted molar refractivity (Wildman–Crippen MR) is 154 cm³/mol. The Bertz CT molecular complexity index is 1140. The highest BCUT2D eigenvalue weighted by molar-refractivity contribution is 6.55. The van der Waals surface area contributed by atoms with Crippen LogP contribution in [0.15, 0.2) is 53.1 Å². The van der Waals surface area contributed by atoms with E-state index < -0.39 is 24.4 Å². The molecule has 0 amide bonds. The number of carbonyl (C=O) groups is 1. The summed E-state index contributed by atoms with van der Waals surface area (Å²) in [5, 5.41) is 0.202. The second-order valence-electron chi connectivity index (χ2n) is 11.9. The number of benzene rings is 1. The fourth-order valence-corrected chi connectivity index (χ4v) is 5.49. The Morgan fingerprint density at radius 1 is 0.946 bits per heavy atom. The van der Waals surface area contributed by atoms with Gasteiger partial charge in [0.2, 0.25) is 5.89 Å². The second kappa shape index (κ2) is 12.0. The lowest BCUT2D eigenvalue weighted by Crippen LogP contribution is -2.34. The van der Waals surface area contributed by atoms with Crippen LogP contribution in [0.2, 0.25) is 23.2 Å². The molecule has 0 spiro atoms. The molecule has 6 nitrogen and oxygen atoms in total. The molecular formula is C29H42N2O4Si2. The van der Waals surface area contributed by atoms with Crippen LogP contribution in [-0.4, -0.2) is 33.8 Å². The van der Waals surface area contributed by atoms with Gasteiger partial charge in [-0.05, 0) is 54.4 Å². The van der Waals surface area contributed by atoms with Gasteiger partial charge < -0.3 is 13.3 Å². The standard InChI is InChI=1S/C29H42N2O4Si2/c1-20-23(31-26(33-20)21-13-11-10-12-14-21)17-18-25(32)22-15-16-24(30-19-22)27(34-36(8)28(2,3)4)35-37(9)29(5,6)7/h10-16,19,27,36-37H,17-18H2,1-9H3. The molecule has 2 unspecified atom stereocenters. The van der Waals surface area contributed by atoms with Gasteiger partial charge in [-0.3, -0.25) is 9.78 Å². The average Bonchev–Trinajstić information content (AvgIpc) is 3.22. The molecule has 3 aromatic rings. The van der Waals surface area contributed by atoms with E-state index in [2.05, 4.69) is 64.6 Å². The molecule has 0 saturated heterocycles. The summed E-state index contributed by atoms with van der Waals surface area (Å²) in [6.07, 6.45) is 2.00. The topological polar surface area (TPSA) is 74.5 Å². The van der Waals surface area contributed by atoms with Crippen molar-refractivity contribution in [3.63, 3.8) is 0 Å². The summed E-state index contributed by atoms with van der Waals surface area (Å²) in [5.74, 6) is 1.35. The smallest absolute Gasteiger partial charge is 0.226 e. The molecule has 37 heavy (non-hydrogen) atoms. The number of pyridine rings is 1. The largest absolute Gasteiger partial charge is 0.441 e. The van der Waals surface area contributed by atoms with Gasteiger partial charge in [-0.2, -0.15) is 0 Å². The van der Waals surface area contributed by atoms with Gasteiger partial charge in [0, 0.05) is 30.2 Å². The minimum atomic E-state index is -1.56. The van der Waals surface area contributed by atoms with Gasteiger partial charge in [-0.1, -0.05) is 59.7 Å². The molecule has 0 aliphatic heterocycles. The molecule has 2 heterocycles. The van der Waals surface area contributed by atoms with Crippen LogP contribution in [-0.2, 0) is 15.3 Å². The first-order chi connectivity index (χ1) is 17.3. The number of oxazole rings is 1. The highest BCUT2D eigenvalue weighted by Gasteiger charge is 2.32. The second-order valence-corrected chi connectivity index (χ2v) is 18.5. The summed E-state index contributed by atoms with van der Waals surface area (Å²) in [6, 6.07) is 13.5. The summed E-state index contributed by atoms with van der Waals surface area (Å²) in [4.78, 5) is 22.2. The number of aryl methyl sites for hydroxylation is 2. The van der Waals surface area contributed by atoms with Crippen molar-refractivity contribution >= 4 is 23.9 Å². The van der Waals surface area contributed by atoms with E-state index in [1.54, 1.807) is 6.20 Å². The molecule has 8 heteroatoms. The van der Waals surface area contributed by atoms with Crippen LogP contribution in [0.3, 0.4) is 0 Å². The fourth-order valence-electron chi connectivity index (χ4n) is 3.40. The van der Waals surface area contributed by atoms with Crippen molar-refractivity contribution in [1.29, 1.82) is 0 Å².